The van der Waals surface area contributed by atoms with E-state index in [0.29, 0.717) is 5.75 Å². The van der Waals surface area contributed by atoms with Crippen molar-refractivity contribution in [3.63, 3.8) is 0 Å². The van der Waals surface area contributed by atoms with Crippen molar-refractivity contribution >= 4 is 22.8 Å². The number of hydrogen-bond donors (Lipinski definition) is 0. The van der Waals surface area contributed by atoms with E-state index in [1.54, 1.807) is 29.0 Å². The smallest absolute Gasteiger partial charge is 0.162 e. The van der Waals surface area contributed by atoms with Crippen molar-refractivity contribution in [2.45, 2.75) is 37.1 Å². The number of aromatic nitrogens is 8. The van der Waals surface area contributed by atoms with Crippen LogP contribution in [0.2, 0.25) is 0 Å². The summed E-state index contributed by atoms with van der Waals surface area (Å²) in [6.07, 6.45) is 5.54. The topological polar surface area (TPSA) is 87.2 Å². The maximum absolute atomic E-state index is 4.33. The fourth-order valence-electron chi connectivity index (χ4n) is 2.00. The molecule has 21 heavy (non-hydrogen) atoms. The second kappa shape index (κ2) is 6.17. The van der Waals surface area contributed by atoms with Crippen LogP contribution in [0.15, 0.2) is 17.6 Å². The van der Waals surface area contributed by atoms with Crippen LogP contribution in [0.5, 0.6) is 0 Å². The number of rotatable bonds is 6. The molecule has 0 amide bonds. The van der Waals surface area contributed by atoms with Gasteiger partial charge in [-0.05, 0) is 16.8 Å². The Labute approximate surface area is 126 Å². The summed E-state index contributed by atoms with van der Waals surface area (Å²) in [5.74, 6) is 1.54. The van der Waals surface area contributed by atoms with E-state index in [2.05, 4.69) is 37.5 Å². The van der Waals surface area contributed by atoms with Crippen LogP contribution in [-0.4, -0.2) is 40.0 Å². The van der Waals surface area contributed by atoms with Gasteiger partial charge in [0.05, 0.1) is 17.3 Å². The molecule has 0 atom stereocenters. The Morgan fingerprint density at radius 1 is 1.29 bits per heavy atom. The number of hydrogen-bond acceptors (Lipinski definition) is 7. The second-order valence-electron chi connectivity index (χ2n) is 4.64. The number of aryl methyl sites for hydroxylation is 2. The lowest BCUT2D eigenvalue weighted by atomic mass is 10.3. The third-order valence-corrected chi connectivity index (χ3v) is 4.16. The zero-order valence-corrected chi connectivity index (χ0v) is 12.8. The third kappa shape index (κ3) is 2.87. The summed E-state index contributed by atoms with van der Waals surface area (Å²) in [4.78, 5) is 8.57. The monoisotopic (exact) mass is 304 g/mol. The van der Waals surface area contributed by atoms with Crippen LogP contribution in [0.3, 0.4) is 0 Å². The SMILES string of the molecule is CCCCn1nnnc1CSc1ncnc2c1cnn2C. The molecule has 9 heteroatoms. The highest BCUT2D eigenvalue weighted by Crippen LogP contribution is 2.26. The predicted molar refractivity (Wildman–Crippen MR) is 78.6 cm³/mol. The van der Waals surface area contributed by atoms with Gasteiger partial charge in [0.1, 0.15) is 11.4 Å². The molecule has 0 N–H and O–H groups in total. The molecule has 110 valence electrons. The van der Waals surface area contributed by atoms with Crippen LogP contribution in [-0.2, 0) is 19.3 Å². The van der Waals surface area contributed by atoms with E-state index in [1.807, 2.05) is 11.7 Å². The Morgan fingerprint density at radius 2 is 2.19 bits per heavy atom. The van der Waals surface area contributed by atoms with E-state index in [1.165, 1.54) is 0 Å². The average molecular weight is 304 g/mol. The fourth-order valence-corrected chi connectivity index (χ4v) is 2.89. The van der Waals surface area contributed by atoms with E-state index in [-0.39, 0.29) is 0 Å². The van der Waals surface area contributed by atoms with Crippen LogP contribution in [0.1, 0.15) is 25.6 Å². The number of unbranched alkanes of at least 4 members (excludes halogenated alkanes) is 1. The highest BCUT2D eigenvalue weighted by atomic mass is 32.2. The molecule has 0 aromatic carbocycles. The van der Waals surface area contributed by atoms with E-state index in [9.17, 15) is 0 Å². The van der Waals surface area contributed by atoms with E-state index in [4.69, 9.17) is 0 Å². The molecule has 0 aliphatic carbocycles. The summed E-state index contributed by atoms with van der Waals surface area (Å²) < 4.78 is 3.60. The predicted octanol–water partition coefficient (Wildman–Crippen LogP) is 1.44. The van der Waals surface area contributed by atoms with Crippen molar-refractivity contribution in [3.8, 4) is 0 Å². The van der Waals surface area contributed by atoms with Crippen LogP contribution in [0, 0.1) is 0 Å². The lowest BCUT2D eigenvalue weighted by Crippen LogP contribution is -2.05. The first-order valence-electron chi connectivity index (χ1n) is 6.80. The van der Waals surface area contributed by atoms with Crippen molar-refractivity contribution < 1.29 is 0 Å². The lowest BCUT2D eigenvalue weighted by Gasteiger charge is -2.04. The summed E-state index contributed by atoms with van der Waals surface area (Å²) in [6.45, 7) is 3.00. The molecule has 0 saturated heterocycles. The largest absolute Gasteiger partial charge is 0.250 e. The Bertz CT molecular complexity index is 734. The number of thioether (sulfide) groups is 1. The van der Waals surface area contributed by atoms with E-state index in [0.717, 1.165) is 41.3 Å². The highest BCUT2D eigenvalue weighted by molar-refractivity contribution is 7.98. The zero-order valence-electron chi connectivity index (χ0n) is 12.0. The van der Waals surface area contributed by atoms with Gasteiger partial charge in [-0.15, -0.1) is 5.10 Å². The number of fused-ring (bicyclic) bond motifs is 1. The molecule has 0 radical (unpaired) electrons. The molecular weight excluding hydrogens is 288 g/mol. The number of nitrogens with zero attached hydrogens (tertiary/aromatic N) is 8. The third-order valence-electron chi connectivity index (χ3n) is 3.16. The van der Waals surface area contributed by atoms with Crippen LogP contribution < -0.4 is 0 Å². The maximum atomic E-state index is 4.33. The van der Waals surface area contributed by atoms with Crippen molar-refractivity contribution in [2.24, 2.45) is 7.05 Å². The Hall–Kier alpha value is -2.03. The van der Waals surface area contributed by atoms with Gasteiger partial charge in [-0.25, -0.2) is 14.6 Å². The molecule has 0 unspecified atom stereocenters. The Balaban J connectivity index is 1.76. The van der Waals surface area contributed by atoms with Crippen LogP contribution >= 0.6 is 11.8 Å². The molecular formula is C12H16N8S. The first-order chi connectivity index (χ1) is 10.3. The molecule has 3 aromatic rings. The quantitative estimate of drug-likeness (QED) is 0.503. The van der Waals surface area contributed by atoms with Crippen molar-refractivity contribution in [1.82, 2.24) is 40.0 Å². The summed E-state index contributed by atoms with van der Waals surface area (Å²) in [6, 6.07) is 0. The van der Waals surface area contributed by atoms with Gasteiger partial charge in [0.2, 0.25) is 0 Å². The minimum absolute atomic E-state index is 0.678. The van der Waals surface area contributed by atoms with Gasteiger partial charge in [-0.3, -0.25) is 4.68 Å². The maximum Gasteiger partial charge on any atom is 0.162 e. The summed E-state index contributed by atoms with van der Waals surface area (Å²) in [5, 5.41) is 17.9. The van der Waals surface area contributed by atoms with E-state index >= 15 is 0 Å². The molecule has 3 aromatic heterocycles. The van der Waals surface area contributed by atoms with Crippen LogP contribution in [0.25, 0.3) is 11.0 Å². The average Bonchev–Trinajstić information content (AvgIpc) is 3.10. The minimum Gasteiger partial charge on any atom is -0.250 e. The normalized spacial score (nSPS) is 11.3. The van der Waals surface area contributed by atoms with Gasteiger partial charge in [-0.1, -0.05) is 25.1 Å². The molecule has 0 aliphatic heterocycles. The zero-order chi connectivity index (χ0) is 14.7. The second-order valence-corrected chi connectivity index (χ2v) is 5.61. The van der Waals surface area contributed by atoms with Crippen molar-refractivity contribution in [3.05, 3.63) is 18.3 Å². The molecule has 0 saturated carbocycles. The lowest BCUT2D eigenvalue weighted by molar-refractivity contribution is 0.540. The summed E-state index contributed by atoms with van der Waals surface area (Å²) in [5.41, 5.74) is 0.832. The van der Waals surface area contributed by atoms with Crippen LogP contribution in [0.4, 0.5) is 0 Å². The van der Waals surface area contributed by atoms with Gasteiger partial charge in [0.15, 0.2) is 11.5 Å². The minimum atomic E-state index is 0.678. The highest BCUT2D eigenvalue weighted by Gasteiger charge is 2.11. The fraction of sp³-hybridized carbons (Fsp3) is 0.500. The van der Waals surface area contributed by atoms with Gasteiger partial charge < -0.3 is 0 Å². The van der Waals surface area contributed by atoms with Gasteiger partial charge >= 0.3 is 0 Å². The van der Waals surface area contributed by atoms with Gasteiger partial charge in [-0.2, -0.15) is 5.10 Å². The molecule has 0 fully saturated rings. The molecule has 0 aliphatic rings. The van der Waals surface area contributed by atoms with Crippen molar-refractivity contribution in [2.75, 3.05) is 0 Å². The Kier molecular flexibility index (Phi) is 4.09. The van der Waals surface area contributed by atoms with E-state index < -0.39 is 0 Å². The summed E-state index contributed by atoms with van der Waals surface area (Å²) in [7, 11) is 1.87. The molecule has 3 heterocycles. The molecule has 0 bridgehead atoms. The molecule has 3 rings (SSSR count). The first kappa shape index (κ1) is 13.9. The summed E-state index contributed by atoms with van der Waals surface area (Å²) >= 11 is 1.60. The molecule has 8 nitrogen and oxygen atoms in total. The van der Waals surface area contributed by atoms with Gasteiger partial charge in [0, 0.05) is 13.6 Å². The molecule has 0 spiro atoms. The first-order valence-corrected chi connectivity index (χ1v) is 7.78. The standard InChI is InChI=1S/C12H16N8S/c1-3-4-5-20-10(16-17-18-20)7-21-12-9-6-15-19(2)11(9)13-8-14-12/h6,8H,3-5,7H2,1-2H3. The Morgan fingerprint density at radius 3 is 3.05 bits per heavy atom. The van der Waals surface area contributed by atoms with Gasteiger partial charge in [0.25, 0.3) is 0 Å². The van der Waals surface area contributed by atoms with Crippen molar-refractivity contribution in [1.29, 1.82) is 0 Å². The number of tetrazole rings is 1.